The van der Waals surface area contributed by atoms with E-state index in [2.05, 4.69) is 27.8 Å². The molecule has 2 N–H and O–H groups in total. The topological polar surface area (TPSA) is 49.8 Å². The fourth-order valence-electron chi connectivity index (χ4n) is 2.68. The van der Waals surface area contributed by atoms with Gasteiger partial charge < -0.3 is 10.6 Å². The molecule has 1 aliphatic rings. The van der Waals surface area contributed by atoms with Crippen molar-refractivity contribution in [2.75, 3.05) is 0 Å². The molecule has 5 heteroatoms. The van der Waals surface area contributed by atoms with Gasteiger partial charge in [-0.2, -0.15) is 0 Å². The highest BCUT2D eigenvalue weighted by Gasteiger charge is 2.19. The van der Waals surface area contributed by atoms with Crippen molar-refractivity contribution in [1.82, 2.24) is 20.6 Å². The van der Waals surface area contributed by atoms with Crippen molar-refractivity contribution in [3.63, 3.8) is 0 Å². The molecule has 1 aromatic heterocycles. The van der Waals surface area contributed by atoms with Crippen molar-refractivity contribution in [3.8, 4) is 22.5 Å². The molecule has 1 aliphatic heterocycles. The number of aromatic nitrogens is 2. The summed E-state index contributed by atoms with van der Waals surface area (Å²) in [7, 11) is 0. The Bertz CT molecular complexity index is 827. The molecule has 0 unspecified atom stereocenters. The molecular weight excluding hydrogens is 320 g/mol. The van der Waals surface area contributed by atoms with Crippen LogP contribution in [0.25, 0.3) is 22.5 Å². The van der Waals surface area contributed by atoms with E-state index in [9.17, 15) is 0 Å². The highest BCUT2D eigenvalue weighted by Crippen LogP contribution is 2.28. The molecule has 120 valence electrons. The van der Waals surface area contributed by atoms with E-state index in [1.807, 2.05) is 67.1 Å². The quantitative estimate of drug-likeness (QED) is 0.761. The van der Waals surface area contributed by atoms with Gasteiger partial charge in [0, 0.05) is 29.7 Å². The van der Waals surface area contributed by atoms with Gasteiger partial charge in [-0.1, -0.05) is 60.7 Å². The van der Waals surface area contributed by atoms with E-state index in [-0.39, 0.29) is 18.6 Å². The fraction of sp³-hybridized carbons (Fsp3) is 0.0526. The van der Waals surface area contributed by atoms with Gasteiger partial charge in [-0.15, -0.1) is 12.4 Å². The van der Waals surface area contributed by atoms with Gasteiger partial charge in [0.25, 0.3) is 0 Å². The normalized spacial score (nSPS) is 13.0. The molecule has 0 bridgehead atoms. The van der Waals surface area contributed by atoms with E-state index in [1.54, 1.807) is 0 Å². The second-order valence-electron chi connectivity index (χ2n) is 5.32. The molecule has 0 amide bonds. The first-order valence-electron chi connectivity index (χ1n) is 7.57. The van der Waals surface area contributed by atoms with Gasteiger partial charge in [-0.3, -0.25) is 0 Å². The van der Waals surface area contributed by atoms with Crippen LogP contribution in [0, 0.1) is 0 Å². The number of nitrogens with zero attached hydrogens (tertiary/aromatic N) is 2. The van der Waals surface area contributed by atoms with Crippen LogP contribution in [-0.4, -0.2) is 9.97 Å². The highest BCUT2D eigenvalue weighted by molar-refractivity contribution is 5.85. The molecule has 0 saturated carbocycles. The van der Waals surface area contributed by atoms with Gasteiger partial charge in [0.15, 0.2) is 5.82 Å². The van der Waals surface area contributed by atoms with Crippen LogP contribution in [0.1, 0.15) is 11.9 Å². The van der Waals surface area contributed by atoms with Crippen molar-refractivity contribution in [2.45, 2.75) is 6.17 Å². The summed E-state index contributed by atoms with van der Waals surface area (Å²) in [6.45, 7) is 0. The summed E-state index contributed by atoms with van der Waals surface area (Å²) in [4.78, 5) is 9.40. The summed E-state index contributed by atoms with van der Waals surface area (Å²) < 4.78 is 0. The summed E-state index contributed by atoms with van der Waals surface area (Å²) in [6.07, 6.45) is 5.64. The standard InChI is InChI=1S/C19H16N4.ClH/c1-3-7-14(8-4-1)16-13-22-18(15-9-5-2-6-10-15)23-17(16)19-20-11-12-21-19;/h1-13,19-21H;1H. The van der Waals surface area contributed by atoms with Gasteiger partial charge in [0.2, 0.25) is 0 Å². The van der Waals surface area contributed by atoms with Crippen LogP contribution in [-0.2, 0) is 0 Å². The Morgan fingerprint density at radius 1 is 0.750 bits per heavy atom. The largest absolute Gasteiger partial charge is 0.365 e. The van der Waals surface area contributed by atoms with E-state index in [0.717, 1.165) is 28.2 Å². The molecule has 0 radical (unpaired) electrons. The predicted molar refractivity (Wildman–Crippen MR) is 98.3 cm³/mol. The minimum atomic E-state index is -0.0457. The zero-order chi connectivity index (χ0) is 15.5. The van der Waals surface area contributed by atoms with Crippen molar-refractivity contribution in [2.24, 2.45) is 0 Å². The summed E-state index contributed by atoms with van der Waals surface area (Å²) in [5.41, 5.74) is 4.09. The monoisotopic (exact) mass is 336 g/mol. The third kappa shape index (κ3) is 3.09. The van der Waals surface area contributed by atoms with Crippen LogP contribution < -0.4 is 10.6 Å². The van der Waals surface area contributed by atoms with E-state index in [0.29, 0.717) is 0 Å². The van der Waals surface area contributed by atoms with Gasteiger partial charge >= 0.3 is 0 Å². The van der Waals surface area contributed by atoms with Gasteiger partial charge in [0.05, 0.1) is 5.69 Å². The Labute approximate surface area is 147 Å². The van der Waals surface area contributed by atoms with Crippen LogP contribution in [0.3, 0.4) is 0 Å². The second-order valence-corrected chi connectivity index (χ2v) is 5.32. The lowest BCUT2D eigenvalue weighted by atomic mass is 10.0. The molecule has 4 rings (SSSR count). The number of benzene rings is 2. The first-order chi connectivity index (χ1) is 11.4. The summed E-state index contributed by atoms with van der Waals surface area (Å²) in [5, 5.41) is 6.56. The van der Waals surface area contributed by atoms with Crippen molar-refractivity contribution < 1.29 is 0 Å². The molecule has 24 heavy (non-hydrogen) atoms. The smallest absolute Gasteiger partial charge is 0.159 e. The van der Waals surface area contributed by atoms with Crippen molar-refractivity contribution in [3.05, 3.63) is 85.0 Å². The summed E-state index contributed by atoms with van der Waals surface area (Å²) in [5.74, 6) is 0.732. The zero-order valence-corrected chi connectivity index (χ0v) is 13.7. The first kappa shape index (κ1) is 16.0. The fourth-order valence-corrected chi connectivity index (χ4v) is 2.68. The average molecular weight is 337 g/mol. The van der Waals surface area contributed by atoms with Crippen molar-refractivity contribution in [1.29, 1.82) is 0 Å². The Morgan fingerprint density at radius 3 is 1.96 bits per heavy atom. The molecule has 3 aromatic rings. The van der Waals surface area contributed by atoms with Gasteiger partial charge in [0.1, 0.15) is 6.17 Å². The third-order valence-electron chi connectivity index (χ3n) is 3.82. The Hall–Kier alpha value is -2.85. The van der Waals surface area contributed by atoms with E-state index in [4.69, 9.17) is 4.98 Å². The molecule has 0 fully saturated rings. The van der Waals surface area contributed by atoms with Crippen molar-refractivity contribution >= 4 is 12.4 Å². The second kappa shape index (κ2) is 7.15. The minimum absolute atomic E-state index is 0. The lowest BCUT2D eigenvalue weighted by Gasteiger charge is -2.17. The van der Waals surface area contributed by atoms with Crippen LogP contribution >= 0.6 is 12.4 Å². The first-order valence-corrected chi connectivity index (χ1v) is 7.57. The van der Waals surface area contributed by atoms with Gasteiger partial charge in [-0.25, -0.2) is 9.97 Å². The lowest BCUT2D eigenvalue weighted by molar-refractivity contribution is 0.590. The maximum Gasteiger partial charge on any atom is 0.159 e. The maximum absolute atomic E-state index is 4.83. The summed E-state index contributed by atoms with van der Waals surface area (Å²) >= 11 is 0. The molecule has 4 nitrogen and oxygen atoms in total. The molecule has 2 aromatic carbocycles. The van der Waals surface area contributed by atoms with Crippen LogP contribution in [0.4, 0.5) is 0 Å². The predicted octanol–water partition coefficient (Wildman–Crippen LogP) is 3.90. The number of halogens is 1. The summed E-state index contributed by atoms with van der Waals surface area (Å²) in [6, 6.07) is 20.2. The SMILES string of the molecule is C1=CNC(c2nc(-c3ccccc3)ncc2-c2ccccc2)N1.Cl. The molecule has 2 heterocycles. The van der Waals surface area contributed by atoms with Crippen LogP contribution in [0.15, 0.2) is 79.3 Å². The minimum Gasteiger partial charge on any atom is -0.365 e. The Morgan fingerprint density at radius 2 is 1.33 bits per heavy atom. The maximum atomic E-state index is 4.83. The molecule has 0 atom stereocenters. The van der Waals surface area contributed by atoms with E-state index in [1.165, 1.54) is 0 Å². The number of nitrogens with one attached hydrogen (secondary N) is 2. The Kier molecular flexibility index (Phi) is 4.77. The molecular formula is C19H17ClN4. The average Bonchev–Trinajstić information content (AvgIpc) is 3.17. The number of rotatable bonds is 3. The zero-order valence-electron chi connectivity index (χ0n) is 12.9. The van der Waals surface area contributed by atoms with E-state index >= 15 is 0 Å². The highest BCUT2D eigenvalue weighted by atomic mass is 35.5. The third-order valence-corrected chi connectivity index (χ3v) is 3.82. The Balaban J connectivity index is 0.00000169. The number of hydrogen-bond donors (Lipinski definition) is 2. The van der Waals surface area contributed by atoms with Gasteiger partial charge in [-0.05, 0) is 5.56 Å². The molecule has 0 aliphatic carbocycles. The van der Waals surface area contributed by atoms with Crippen LogP contribution in [0.5, 0.6) is 0 Å². The number of hydrogen-bond acceptors (Lipinski definition) is 4. The molecule has 0 saturated heterocycles. The van der Waals surface area contributed by atoms with E-state index < -0.39 is 0 Å². The lowest BCUT2D eigenvalue weighted by Crippen LogP contribution is -2.23. The van der Waals surface area contributed by atoms with Crippen LogP contribution in [0.2, 0.25) is 0 Å². The molecule has 0 spiro atoms.